The van der Waals surface area contributed by atoms with Crippen molar-refractivity contribution in [3.63, 3.8) is 0 Å². The van der Waals surface area contributed by atoms with Crippen molar-refractivity contribution < 1.29 is 4.74 Å². The number of aromatic nitrogens is 4. The van der Waals surface area contributed by atoms with Crippen LogP contribution in [0.2, 0.25) is 0 Å². The number of aromatic amines is 1. The standard InChI is InChI=1S/C30H30N4O/c1-17-29(25-9-7-8-10-26(25)31-17)23-15-27-30-21(5)34(19(3)22-11-13-24(35-6)14-12-22)20(4)28(30)18(2)32-33(27)16-23/h7-16,19,31H,1-6H3. The summed E-state index contributed by atoms with van der Waals surface area (Å²) in [5, 5.41) is 8.76. The highest BCUT2D eigenvalue weighted by molar-refractivity contribution is 6.04. The van der Waals surface area contributed by atoms with Gasteiger partial charge in [0.25, 0.3) is 0 Å². The predicted molar refractivity (Wildman–Crippen MR) is 144 cm³/mol. The summed E-state index contributed by atoms with van der Waals surface area (Å²) in [5.41, 5.74) is 10.7. The van der Waals surface area contributed by atoms with Crippen molar-refractivity contribution in [1.82, 2.24) is 19.2 Å². The Labute approximate surface area is 205 Å². The molecule has 0 aliphatic heterocycles. The Morgan fingerprint density at radius 1 is 0.914 bits per heavy atom. The first-order valence-electron chi connectivity index (χ1n) is 12.1. The molecule has 0 aliphatic rings. The van der Waals surface area contributed by atoms with Crippen molar-refractivity contribution in [1.29, 1.82) is 0 Å². The van der Waals surface area contributed by atoms with Gasteiger partial charge in [0.1, 0.15) is 5.75 Å². The van der Waals surface area contributed by atoms with E-state index in [1.54, 1.807) is 7.11 Å². The maximum Gasteiger partial charge on any atom is 0.118 e. The Kier molecular flexibility index (Phi) is 4.78. The maximum absolute atomic E-state index is 5.36. The summed E-state index contributed by atoms with van der Waals surface area (Å²) >= 11 is 0. The number of nitrogens with zero attached hydrogens (tertiary/aromatic N) is 3. The molecular weight excluding hydrogens is 432 g/mol. The van der Waals surface area contributed by atoms with Crippen LogP contribution in [0.1, 0.15) is 41.3 Å². The number of nitrogens with one attached hydrogen (secondary N) is 1. The summed E-state index contributed by atoms with van der Waals surface area (Å²) in [6.07, 6.45) is 2.17. The van der Waals surface area contributed by atoms with Gasteiger partial charge in [0.05, 0.1) is 24.4 Å². The average molecular weight is 463 g/mol. The molecule has 6 aromatic rings. The molecule has 6 rings (SSSR count). The van der Waals surface area contributed by atoms with Crippen LogP contribution in [-0.2, 0) is 0 Å². The number of fused-ring (bicyclic) bond motifs is 4. The van der Waals surface area contributed by atoms with Gasteiger partial charge in [0.2, 0.25) is 0 Å². The number of aryl methyl sites for hydroxylation is 4. The second-order valence-electron chi connectivity index (χ2n) is 9.55. The van der Waals surface area contributed by atoms with Crippen LogP contribution in [0.5, 0.6) is 5.75 Å². The zero-order valence-corrected chi connectivity index (χ0v) is 21.1. The highest BCUT2D eigenvalue weighted by Gasteiger charge is 2.22. The number of benzene rings is 2. The number of hydrogen-bond acceptors (Lipinski definition) is 2. The van der Waals surface area contributed by atoms with Gasteiger partial charge in [-0.05, 0) is 64.4 Å². The van der Waals surface area contributed by atoms with E-state index in [1.165, 1.54) is 49.9 Å². The number of hydrogen-bond donors (Lipinski definition) is 1. The minimum absolute atomic E-state index is 0.193. The summed E-state index contributed by atoms with van der Waals surface area (Å²) in [5.74, 6) is 0.877. The van der Waals surface area contributed by atoms with E-state index in [1.807, 2.05) is 12.1 Å². The Morgan fingerprint density at radius 3 is 2.37 bits per heavy atom. The molecule has 0 amide bonds. The van der Waals surface area contributed by atoms with Crippen LogP contribution in [-0.4, -0.2) is 26.3 Å². The topological polar surface area (TPSA) is 47.2 Å². The number of rotatable bonds is 4. The van der Waals surface area contributed by atoms with Gasteiger partial charge in [-0.3, -0.25) is 0 Å². The average Bonchev–Trinajstić information content (AvgIpc) is 3.49. The van der Waals surface area contributed by atoms with Gasteiger partial charge in [-0.1, -0.05) is 30.3 Å². The fourth-order valence-electron chi connectivity index (χ4n) is 5.94. The third-order valence-electron chi connectivity index (χ3n) is 7.54. The fraction of sp³-hybridized carbons (Fsp3) is 0.233. The molecule has 0 spiro atoms. The first kappa shape index (κ1) is 21.5. The molecule has 1 N–H and O–H groups in total. The first-order chi connectivity index (χ1) is 16.9. The first-order valence-corrected chi connectivity index (χ1v) is 12.1. The molecule has 0 bridgehead atoms. The van der Waals surface area contributed by atoms with E-state index >= 15 is 0 Å². The Balaban J connectivity index is 1.58. The zero-order chi connectivity index (χ0) is 24.4. The number of ether oxygens (including phenoxy) is 1. The minimum Gasteiger partial charge on any atom is -0.497 e. The third kappa shape index (κ3) is 3.11. The minimum atomic E-state index is 0.193. The normalized spacial score (nSPS) is 12.7. The van der Waals surface area contributed by atoms with E-state index in [2.05, 4.69) is 97.3 Å². The summed E-state index contributed by atoms with van der Waals surface area (Å²) < 4.78 is 9.87. The molecule has 35 heavy (non-hydrogen) atoms. The van der Waals surface area contributed by atoms with Crippen LogP contribution in [0.4, 0.5) is 0 Å². The Bertz CT molecular complexity index is 1730. The van der Waals surface area contributed by atoms with Crippen LogP contribution in [0.15, 0.2) is 60.8 Å². The molecule has 0 radical (unpaired) electrons. The van der Waals surface area contributed by atoms with E-state index in [-0.39, 0.29) is 6.04 Å². The molecule has 4 aromatic heterocycles. The van der Waals surface area contributed by atoms with Gasteiger partial charge in [-0.2, -0.15) is 5.10 Å². The molecule has 4 heterocycles. The lowest BCUT2D eigenvalue weighted by atomic mass is 10.0. The molecule has 2 aromatic carbocycles. The van der Waals surface area contributed by atoms with Gasteiger partial charge in [-0.15, -0.1) is 0 Å². The van der Waals surface area contributed by atoms with Crippen molar-refractivity contribution in [3.8, 4) is 16.9 Å². The number of methoxy groups -OCH3 is 1. The van der Waals surface area contributed by atoms with Crippen molar-refractivity contribution >= 4 is 27.2 Å². The molecule has 5 heteroatoms. The van der Waals surface area contributed by atoms with Crippen LogP contribution in [0, 0.1) is 27.7 Å². The molecule has 0 aliphatic carbocycles. The molecule has 1 atom stereocenters. The van der Waals surface area contributed by atoms with Crippen molar-refractivity contribution in [3.05, 3.63) is 89.1 Å². The van der Waals surface area contributed by atoms with E-state index < -0.39 is 0 Å². The quantitative estimate of drug-likeness (QED) is 0.299. The van der Waals surface area contributed by atoms with Gasteiger partial charge >= 0.3 is 0 Å². The van der Waals surface area contributed by atoms with Crippen LogP contribution in [0.3, 0.4) is 0 Å². The summed E-state index contributed by atoms with van der Waals surface area (Å²) in [7, 11) is 1.70. The smallest absolute Gasteiger partial charge is 0.118 e. The third-order valence-corrected chi connectivity index (χ3v) is 7.54. The SMILES string of the molecule is COc1ccc(C(C)n2c(C)c3c(C)nn4cc(-c5c(C)[nH]c6ccccc56)cc4c3c2C)cc1. The largest absolute Gasteiger partial charge is 0.497 e. The van der Waals surface area contributed by atoms with Crippen LogP contribution in [0.25, 0.3) is 38.3 Å². The van der Waals surface area contributed by atoms with Crippen LogP contribution >= 0.6 is 0 Å². The molecule has 176 valence electrons. The summed E-state index contributed by atoms with van der Waals surface area (Å²) in [6.45, 7) is 11.0. The highest BCUT2D eigenvalue weighted by Crippen LogP contribution is 2.39. The van der Waals surface area contributed by atoms with Crippen molar-refractivity contribution in [2.24, 2.45) is 0 Å². The van der Waals surface area contributed by atoms with Crippen molar-refractivity contribution in [2.75, 3.05) is 7.11 Å². The lowest BCUT2D eigenvalue weighted by molar-refractivity contribution is 0.414. The second kappa shape index (κ2) is 7.77. The number of para-hydroxylation sites is 1. The summed E-state index contributed by atoms with van der Waals surface area (Å²) in [6, 6.07) is 19.4. The molecule has 5 nitrogen and oxygen atoms in total. The lowest BCUT2D eigenvalue weighted by Gasteiger charge is -2.19. The maximum atomic E-state index is 5.36. The zero-order valence-electron chi connectivity index (χ0n) is 21.1. The fourth-order valence-corrected chi connectivity index (χ4v) is 5.94. The van der Waals surface area contributed by atoms with Crippen LogP contribution < -0.4 is 4.74 Å². The Morgan fingerprint density at radius 2 is 1.63 bits per heavy atom. The van der Waals surface area contributed by atoms with Gasteiger partial charge in [0, 0.05) is 56.1 Å². The van der Waals surface area contributed by atoms with Gasteiger partial charge in [-0.25, -0.2) is 4.52 Å². The predicted octanol–water partition coefficient (Wildman–Crippen LogP) is 7.29. The van der Waals surface area contributed by atoms with Crippen molar-refractivity contribution in [2.45, 2.75) is 40.7 Å². The molecule has 0 saturated carbocycles. The Hall–Kier alpha value is -3.99. The van der Waals surface area contributed by atoms with E-state index in [0.717, 1.165) is 22.5 Å². The van der Waals surface area contributed by atoms with E-state index in [4.69, 9.17) is 9.84 Å². The molecule has 1 unspecified atom stereocenters. The molecular formula is C30H30N4O. The monoisotopic (exact) mass is 462 g/mol. The highest BCUT2D eigenvalue weighted by atomic mass is 16.5. The number of H-pyrrole nitrogens is 1. The van der Waals surface area contributed by atoms with E-state index in [9.17, 15) is 0 Å². The van der Waals surface area contributed by atoms with Gasteiger partial charge < -0.3 is 14.3 Å². The molecule has 0 fully saturated rings. The van der Waals surface area contributed by atoms with E-state index in [0.29, 0.717) is 0 Å². The van der Waals surface area contributed by atoms with Gasteiger partial charge in [0.15, 0.2) is 0 Å². The lowest BCUT2D eigenvalue weighted by Crippen LogP contribution is -2.10. The second-order valence-corrected chi connectivity index (χ2v) is 9.55. The summed E-state index contributed by atoms with van der Waals surface area (Å²) in [4.78, 5) is 3.54. The molecule has 0 saturated heterocycles.